The number of nitrogens with zero attached hydrogens (tertiary/aromatic N) is 1. The van der Waals surface area contributed by atoms with Gasteiger partial charge in [-0.1, -0.05) is 53.7 Å². The van der Waals surface area contributed by atoms with Crippen LogP contribution in [0, 0.1) is 6.92 Å². The molecule has 2 nitrogen and oxygen atoms in total. The fraction of sp³-hybridized carbons (Fsp3) is 0.136. The van der Waals surface area contributed by atoms with Gasteiger partial charge in [-0.05, 0) is 55.8 Å². The van der Waals surface area contributed by atoms with Crippen LogP contribution in [0.2, 0.25) is 0 Å². The van der Waals surface area contributed by atoms with Crippen LogP contribution in [-0.4, -0.2) is 12.8 Å². The van der Waals surface area contributed by atoms with E-state index < -0.39 is 0 Å². The molecule has 0 aromatic heterocycles. The molecule has 0 radical (unpaired) electrons. The van der Waals surface area contributed by atoms with Gasteiger partial charge in [0.05, 0.1) is 6.61 Å². The first-order valence-corrected chi connectivity index (χ1v) is 9.17. The highest BCUT2D eigenvalue weighted by Crippen LogP contribution is 2.29. The summed E-state index contributed by atoms with van der Waals surface area (Å²) in [6, 6.07) is 24.8. The smallest absolute Gasteiger partial charge is 0.144 e. The largest absolute Gasteiger partial charge is 0.492 e. The van der Waals surface area contributed by atoms with Crippen LogP contribution in [0.25, 0.3) is 0 Å². The molecule has 0 aliphatic rings. The van der Waals surface area contributed by atoms with Crippen molar-refractivity contribution in [2.45, 2.75) is 23.6 Å². The number of hydrogen-bond donors (Lipinski definition) is 0. The average molecular weight is 347 g/mol. The van der Waals surface area contributed by atoms with Gasteiger partial charge < -0.3 is 4.74 Å². The monoisotopic (exact) mass is 347 g/mol. The van der Waals surface area contributed by atoms with E-state index >= 15 is 0 Å². The van der Waals surface area contributed by atoms with Crippen molar-refractivity contribution in [1.82, 2.24) is 0 Å². The van der Waals surface area contributed by atoms with Crippen LogP contribution in [0.1, 0.15) is 18.1 Å². The Morgan fingerprint density at radius 2 is 1.52 bits per heavy atom. The molecule has 3 heteroatoms. The Kier molecular flexibility index (Phi) is 5.91. The number of aliphatic imine (C=N–C) groups is 1. The number of benzene rings is 3. The highest BCUT2D eigenvalue weighted by molar-refractivity contribution is 7.99. The van der Waals surface area contributed by atoms with Crippen molar-refractivity contribution in [3.05, 3.63) is 83.9 Å². The van der Waals surface area contributed by atoms with Gasteiger partial charge in [0.15, 0.2) is 0 Å². The van der Waals surface area contributed by atoms with Gasteiger partial charge in [0.2, 0.25) is 0 Å². The number of aryl methyl sites for hydroxylation is 1. The van der Waals surface area contributed by atoms with E-state index in [1.807, 2.05) is 37.4 Å². The molecular formula is C22H21NOS. The van der Waals surface area contributed by atoms with Gasteiger partial charge in [-0.15, -0.1) is 0 Å². The summed E-state index contributed by atoms with van der Waals surface area (Å²) in [4.78, 5) is 7.03. The predicted octanol–water partition coefficient (Wildman–Crippen LogP) is 6.30. The van der Waals surface area contributed by atoms with E-state index in [4.69, 9.17) is 4.74 Å². The van der Waals surface area contributed by atoms with E-state index in [-0.39, 0.29) is 0 Å². The second kappa shape index (κ2) is 8.54. The van der Waals surface area contributed by atoms with E-state index in [2.05, 4.69) is 60.4 Å². The lowest BCUT2D eigenvalue weighted by atomic mass is 10.2. The average Bonchev–Trinajstić information content (AvgIpc) is 2.64. The molecule has 0 saturated carbocycles. The van der Waals surface area contributed by atoms with Crippen molar-refractivity contribution in [2.24, 2.45) is 4.99 Å². The third-order valence-corrected chi connectivity index (χ3v) is 4.67. The maximum atomic E-state index is 5.60. The van der Waals surface area contributed by atoms with E-state index in [1.165, 1.54) is 15.4 Å². The van der Waals surface area contributed by atoms with Crippen LogP contribution >= 0.6 is 11.8 Å². The summed E-state index contributed by atoms with van der Waals surface area (Å²) in [7, 11) is 0. The minimum absolute atomic E-state index is 0.636. The highest BCUT2D eigenvalue weighted by Gasteiger charge is 2.00. The normalized spacial score (nSPS) is 11.0. The molecule has 0 spiro atoms. The maximum absolute atomic E-state index is 5.60. The molecule has 0 bridgehead atoms. The van der Waals surface area contributed by atoms with Crippen molar-refractivity contribution >= 4 is 23.7 Å². The second-order valence-electron chi connectivity index (χ2n) is 5.64. The summed E-state index contributed by atoms with van der Waals surface area (Å²) < 4.78 is 5.60. The van der Waals surface area contributed by atoms with Crippen molar-refractivity contribution in [3.63, 3.8) is 0 Å². The Morgan fingerprint density at radius 3 is 2.20 bits per heavy atom. The summed E-state index contributed by atoms with van der Waals surface area (Å²) in [5, 5.41) is 0. The molecule has 0 amide bonds. The van der Waals surface area contributed by atoms with Crippen molar-refractivity contribution in [1.29, 1.82) is 0 Å². The number of para-hydroxylation sites is 2. The van der Waals surface area contributed by atoms with Crippen LogP contribution in [0.4, 0.5) is 5.69 Å². The molecule has 0 fully saturated rings. The fourth-order valence-corrected chi connectivity index (χ4v) is 3.17. The summed E-state index contributed by atoms with van der Waals surface area (Å²) in [6.07, 6.45) is 1.87. The minimum atomic E-state index is 0.636. The maximum Gasteiger partial charge on any atom is 0.144 e. The van der Waals surface area contributed by atoms with Crippen molar-refractivity contribution in [3.8, 4) is 5.75 Å². The summed E-state index contributed by atoms with van der Waals surface area (Å²) in [5.74, 6) is 0.813. The lowest BCUT2D eigenvalue weighted by Gasteiger charge is -2.05. The van der Waals surface area contributed by atoms with Gasteiger partial charge in [-0.25, -0.2) is 0 Å². The number of hydrogen-bond acceptors (Lipinski definition) is 3. The molecule has 0 aliphatic heterocycles. The molecule has 3 rings (SSSR count). The van der Waals surface area contributed by atoms with Crippen LogP contribution in [-0.2, 0) is 0 Å². The lowest BCUT2D eigenvalue weighted by Crippen LogP contribution is -1.91. The van der Waals surface area contributed by atoms with Crippen LogP contribution in [0.5, 0.6) is 5.75 Å². The van der Waals surface area contributed by atoms with E-state index in [0.29, 0.717) is 6.61 Å². The topological polar surface area (TPSA) is 21.6 Å². The van der Waals surface area contributed by atoms with Gasteiger partial charge in [0.1, 0.15) is 11.4 Å². The van der Waals surface area contributed by atoms with Gasteiger partial charge in [0, 0.05) is 16.0 Å². The first kappa shape index (κ1) is 17.3. The zero-order valence-electron chi connectivity index (χ0n) is 14.5. The van der Waals surface area contributed by atoms with Gasteiger partial charge in [-0.3, -0.25) is 4.99 Å². The molecule has 0 saturated heterocycles. The van der Waals surface area contributed by atoms with E-state index in [0.717, 1.165) is 17.0 Å². The minimum Gasteiger partial charge on any atom is -0.492 e. The summed E-state index contributed by atoms with van der Waals surface area (Å²) in [6.45, 7) is 4.72. The molecular weight excluding hydrogens is 326 g/mol. The first-order valence-electron chi connectivity index (χ1n) is 8.35. The third kappa shape index (κ3) is 4.97. The zero-order chi connectivity index (χ0) is 17.5. The molecule has 3 aromatic carbocycles. The molecule has 0 unspecified atom stereocenters. The summed E-state index contributed by atoms with van der Waals surface area (Å²) >= 11 is 1.76. The SMILES string of the molecule is CCOc1ccccc1N=Cc1ccc(Sc2ccc(C)cc2)cc1. The van der Waals surface area contributed by atoms with Crippen molar-refractivity contribution < 1.29 is 4.74 Å². The molecule has 0 atom stereocenters. The third-order valence-electron chi connectivity index (χ3n) is 3.65. The molecule has 25 heavy (non-hydrogen) atoms. The van der Waals surface area contributed by atoms with E-state index in [1.54, 1.807) is 11.8 Å². The molecule has 126 valence electrons. The predicted molar refractivity (Wildman–Crippen MR) is 107 cm³/mol. The lowest BCUT2D eigenvalue weighted by molar-refractivity contribution is 0.341. The molecule has 0 N–H and O–H groups in total. The zero-order valence-corrected chi connectivity index (χ0v) is 15.3. The Labute approximate surface area is 153 Å². The van der Waals surface area contributed by atoms with Crippen LogP contribution < -0.4 is 4.74 Å². The first-order chi connectivity index (χ1) is 12.2. The Balaban J connectivity index is 1.69. The quantitative estimate of drug-likeness (QED) is 0.488. The van der Waals surface area contributed by atoms with E-state index in [9.17, 15) is 0 Å². The summed E-state index contributed by atoms with van der Waals surface area (Å²) in [5.41, 5.74) is 3.20. The molecule has 3 aromatic rings. The van der Waals surface area contributed by atoms with Crippen LogP contribution in [0.3, 0.4) is 0 Å². The Morgan fingerprint density at radius 1 is 0.880 bits per heavy atom. The van der Waals surface area contributed by atoms with Crippen molar-refractivity contribution in [2.75, 3.05) is 6.61 Å². The van der Waals surface area contributed by atoms with Crippen LogP contribution in [0.15, 0.2) is 87.6 Å². The molecule has 0 heterocycles. The second-order valence-corrected chi connectivity index (χ2v) is 6.79. The highest BCUT2D eigenvalue weighted by atomic mass is 32.2. The fourth-order valence-electron chi connectivity index (χ4n) is 2.35. The van der Waals surface area contributed by atoms with Gasteiger partial charge in [0.25, 0.3) is 0 Å². The molecule has 0 aliphatic carbocycles. The Hall–Kier alpha value is -2.52. The number of ether oxygens (including phenoxy) is 1. The Bertz CT molecular complexity index is 839. The van der Waals surface area contributed by atoms with Gasteiger partial charge >= 0.3 is 0 Å². The standard InChI is InChI=1S/C22H21NOS/c1-3-24-22-7-5-4-6-21(22)23-16-18-10-14-20(15-11-18)25-19-12-8-17(2)9-13-19/h4-16H,3H2,1-2H3. The van der Waals surface area contributed by atoms with Gasteiger partial charge in [-0.2, -0.15) is 0 Å². The number of rotatable bonds is 6.